The van der Waals surface area contributed by atoms with Crippen LogP contribution in [0.2, 0.25) is 0 Å². The van der Waals surface area contributed by atoms with Crippen molar-refractivity contribution in [1.29, 1.82) is 0 Å². The second-order valence-electron chi connectivity index (χ2n) is 6.39. The van der Waals surface area contributed by atoms with E-state index in [1.807, 2.05) is 0 Å². The first kappa shape index (κ1) is 14.6. The fraction of sp³-hybridized carbons (Fsp3) is 0.647. The van der Waals surface area contributed by atoms with Crippen LogP contribution in [0.3, 0.4) is 0 Å². The van der Waals surface area contributed by atoms with Gasteiger partial charge in [0.25, 0.3) is 0 Å². The van der Waals surface area contributed by atoms with Gasteiger partial charge in [0.05, 0.1) is 0 Å². The SMILES string of the molecule is CCC1CNC2(CCCCC2)CN1c1cccc(I)c1. The van der Waals surface area contributed by atoms with Gasteiger partial charge in [-0.15, -0.1) is 0 Å². The van der Waals surface area contributed by atoms with E-state index in [0.717, 1.165) is 6.54 Å². The standard InChI is InChI=1S/C17H25IN2/c1-2-15-12-19-17(9-4-3-5-10-17)13-20(15)16-8-6-7-14(18)11-16/h6-8,11,15,19H,2-5,9-10,12-13H2,1H3. The number of benzene rings is 1. The summed E-state index contributed by atoms with van der Waals surface area (Å²) in [5.41, 5.74) is 1.79. The number of rotatable bonds is 2. The van der Waals surface area contributed by atoms with E-state index in [1.54, 1.807) is 0 Å². The molecular formula is C17H25IN2. The minimum Gasteiger partial charge on any atom is -0.365 e. The summed E-state index contributed by atoms with van der Waals surface area (Å²) in [4.78, 5) is 2.67. The van der Waals surface area contributed by atoms with E-state index < -0.39 is 0 Å². The fourth-order valence-electron chi connectivity index (χ4n) is 3.84. The second kappa shape index (κ2) is 6.22. The van der Waals surface area contributed by atoms with Crippen LogP contribution in [0.5, 0.6) is 0 Å². The summed E-state index contributed by atoms with van der Waals surface area (Å²) in [5, 5.41) is 3.91. The molecular weight excluding hydrogens is 359 g/mol. The maximum atomic E-state index is 3.91. The van der Waals surface area contributed by atoms with Crippen LogP contribution in [0.15, 0.2) is 24.3 Å². The fourth-order valence-corrected chi connectivity index (χ4v) is 4.37. The molecule has 0 aromatic heterocycles. The molecule has 1 N–H and O–H groups in total. The first-order valence-electron chi connectivity index (χ1n) is 8.00. The Morgan fingerprint density at radius 1 is 1.30 bits per heavy atom. The van der Waals surface area contributed by atoms with Gasteiger partial charge < -0.3 is 10.2 Å². The normalized spacial score (nSPS) is 25.9. The monoisotopic (exact) mass is 384 g/mol. The average Bonchev–Trinajstić information content (AvgIpc) is 2.48. The van der Waals surface area contributed by atoms with E-state index in [1.165, 1.54) is 54.3 Å². The van der Waals surface area contributed by atoms with Gasteiger partial charge in [0.1, 0.15) is 0 Å². The number of halogens is 1. The quantitative estimate of drug-likeness (QED) is 0.770. The van der Waals surface area contributed by atoms with Crippen molar-refractivity contribution >= 4 is 28.3 Å². The highest BCUT2D eigenvalue weighted by Gasteiger charge is 2.39. The molecule has 2 fully saturated rings. The highest BCUT2D eigenvalue weighted by atomic mass is 127. The summed E-state index contributed by atoms with van der Waals surface area (Å²) < 4.78 is 1.34. The number of nitrogens with one attached hydrogen (secondary N) is 1. The Morgan fingerprint density at radius 3 is 2.80 bits per heavy atom. The molecule has 1 unspecified atom stereocenters. The Balaban J connectivity index is 1.85. The second-order valence-corrected chi connectivity index (χ2v) is 7.64. The van der Waals surface area contributed by atoms with E-state index in [2.05, 4.69) is 64.0 Å². The Morgan fingerprint density at radius 2 is 2.10 bits per heavy atom. The third-order valence-electron chi connectivity index (χ3n) is 5.05. The van der Waals surface area contributed by atoms with Crippen LogP contribution in [0.1, 0.15) is 45.4 Å². The summed E-state index contributed by atoms with van der Waals surface area (Å²) in [5.74, 6) is 0. The van der Waals surface area contributed by atoms with E-state index in [9.17, 15) is 0 Å². The number of anilines is 1. The maximum Gasteiger partial charge on any atom is 0.0412 e. The zero-order chi connectivity index (χ0) is 14.0. The Bertz CT molecular complexity index is 454. The third kappa shape index (κ3) is 2.98. The van der Waals surface area contributed by atoms with E-state index in [0.29, 0.717) is 11.6 Å². The summed E-state index contributed by atoms with van der Waals surface area (Å²) in [7, 11) is 0. The molecule has 0 radical (unpaired) electrons. The van der Waals surface area contributed by atoms with Gasteiger partial charge in [-0.2, -0.15) is 0 Å². The Kier molecular flexibility index (Phi) is 4.55. The largest absolute Gasteiger partial charge is 0.365 e. The van der Waals surface area contributed by atoms with E-state index in [-0.39, 0.29) is 0 Å². The molecule has 1 heterocycles. The summed E-state index contributed by atoms with van der Waals surface area (Å²) in [6, 6.07) is 9.64. The third-order valence-corrected chi connectivity index (χ3v) is 5.72. The predicted molar refractivity (Wildman–Crippen MR) is 94.4 cm³/mol. The lowest BCUT2D eigenvalue weighted by atomic mass is 9.79. The minimum atomic E-state index is 0.380. The van der Waals surface area contributed by atoms with Crippen LogP contribution in [-0.2, 0) is 0 Å². The van der Waals surface area contributed by atoms with Crippen molar-refractivity contribution in [3.05, 3.63) is 27.8 Å². The van der Waals surface area contributed by atoms with Gasteiger partial charge in [0.2, 0.25) is 0 Å². The molecule has 3 heteroatoms. The molecule has 1 aliphatic carbocycles. The molecule has 1 aromatic rings. The lowest BCUT2D eigenvalue weighted by Gasteiger charge is -2.50. The number of hydrogen-bond donors (Lipinski definition) is 1. The number of hydrogen-bond acceptors (Lipinski definition) is 2. The van der Waals surface area contributed by atoms with Crippen molar-refractivity contribution in [2.24, 2.45) is 0 Å². The summed E-state index contributed by atoms with van der Waals surface area (Å²) in [6.07, 6.45) is 8.13. The van der Waals surface area contributed by atoms with E-state index >= 15 is 0 Å². The molecule has 1 saturated heterocycles. The van der Waals surface area contributed by atoms with Gasteiger partial charge in [-0.05, 0) is 60.1 Å². The van der Waals surface area contributed by atoms with Crippen LogP contribution < -0.4 is 10.2 Å². The molecule has 1 aliphatic heterocycles. The first-order valence-corrected chi connectivity index (χ1v) is 9.07. The van der Waals surface area contributed by atoms with Crippen molar-refractivity contribution in [1.82, 2.24) is 5.32 Å². The summed E-state index contributed by atoms with van der Waals surface area (Å²) >= 11 is 2.42. The molecule has 2 nitrogen and oxygen atoms in total. The van der Waals surface area contributed by atoms with Gasteiger partial charge in [0, 0.05) is 33.9 Å². The highest BCUT2D eigenvalue weighted by molar-refractivity contribution is 14.1. The zero-order valence-corrected chi connectivity index (χ0v) is 14.5. The van der Waals surface area contributed by atoms with Crippen molar-refractivity contribution in [2.45, 2.75) is 57.0 Å². The number of piperazine rings is 1. The first-order chi connectivity index (χ1) is 9.72. The van der Waals surface area contributed by atoms with Gasteiger partial charge >= 0.3 is 0 Å². The van der Waals surface area contributed by atoms with Crippen molar-refractivity contribution in [3.63, 3.8) is 0 Å². The van der Waals surface area contributed by atoms with Crippen molar-refractivity contribution in [3.8, 4) is 0 Å². The molecule has 0 bridgehead atoms. The van der Waals surface area contributed by atoms with Crippen LogP contribution in [0.25, 0.3) is 0 Å². The van der Waals surface area contributed by atoms with Gasteiger partial charge in [-0.25, -0.2) is 0 Å². The molecule has 1 saturated carbocycles. The van der Waals surface area contributed by atoms with Gasteiger partial charge in [-0.3, -0.25) is 0 Å². The molecule has 0 amide bonds. The molecule has 110 valence electrons. The minimum absolute atomic E-state index is 0.380. The van der Waals surface area contributed by atoms with Gasteiger partial charge in [0.15, 0.2) is 0 Å². The summed E-state index contributed by atoms with van der Waals surface area (Å²) in [6.45, 7) is 4.64. The van der Waals surface area contributed by atoms with Gasteiger partial charge in [-0.1, -0.05) is 32.3 Å². The molecule has 1 atom stereocenters. The Labute approximate surface area is 136 Å². The maximum absolute atomic E-state index is 3.91. The average molecular weight is 384 g/mol. The van der Waals surface area contributed by atoms with Crippen LogP contribution >= 0.6 is 22.6 Å². The van der Waals surface area contributed by atoms with E-state index in [4.69, 9.17) is 0 Å². The molecule has 3 rings (SSSR count). The molecule has 1 aromatic carbocycles. The van der Waals surface area contributed by atoms with Crippen molar-refractivity contribution in [2.75, 3.05) is 18.0 Å². The van der Waals surface area contributed by atoms with Crippen LogP contribution in [0.4, 0.5) is 5.69 Å². The smallest absolute Gasteiger partial charge is 0.0412 e. The molecule has 2 aliphatic rings. The van der Waals surface area contributed by atoms with Crippen LogP contribution in [0, 0.1) is 3.57 Å². The topological polar surface area (TPSA) is 15.3 Å². The van der Waals surface area contributed by atoms with Crippen molar-refractivity contribution < 1.29 is 0 Å². The number of nitrogens with zero attached hydrogens (tertiary/aromatic N) is 1. The Hall–Kier alpha value is -0.290. The molecule has 1 spiro atoms. The predicted octanol–water partition coefficient (Wildman–Crippen LogP) is 4.18. The highest BCUT2D eigenvalue weighted by Crippen LogP contribution is 2.34. The molecule has 20 heavy (non-hydrogen) atoms. The lowest BCUT2D eigenvalue weighted by Crippen LogP contribution is -2.65. The zero-order valence-electron chi connectivity index (χ0n) is 12.4. The lowest BCUT2D eigenvalue weighted by molar-refractivity contribution is 0.196. The van der Waals surface area contributed by atoms with Crippen LogP contribution in [-0.4, -0.2) is 24.7 Å².